The molecule has 2 saturated carbocycles. The normalized spacial score (nSPS) is 29.4. The van der Waals surface area contributed by atoms with Crippen molar-refractivity contribution in [2.45, 2.75) is 128 Å². The smallest absolute Gasteiger partial charge is 0.427 e. The molecule has 1 N–H and O–H groups in total. The summed E-state index contributed by atoms with van der Waals surface area (Å²) in [6.07, 6.45) is 0.718. The summed E-state index contributed by atoms with van der Waals surface area (Å²) in [6.45, 7) is 8.40. The Hall–Kier alpha value is -4.28. The number of carbonyl (C=O) groups excluding carboxylic acids is 4. The minimum Gasteiger partial charge on any atom is -0.491 e. The fourth-order valence-corrected chi connectivity index (χ4v) is 9.65. The first-order valence-electron chi connectivity index (χ1n) is 20.2. The molecule has 12 nitrogen and oxygen atoms in total. The zero-order valence-electron chi connectivity index (χ0n) is 34.2. The second kappa shape index (κ2) is 16.3. The van der Waals surface area contributed by atoms with E-state index < -0.39 is 104 Å². The van der Waals surface area contributed by atoms with E-state index in [1.165, 1.54) is 23.2 Å². The van der Waals surface area contributed by atoms with Crippen LogP contribution in [0.15, 0.2) is 36.5 Å². The Balaban J connectivity index is 1.36. The SMILES string of the molecule is CCOc1cc2ccnc(O[C@@H]3C[C@H]4C(=O)C[C@]5(C(=O)NS(=O)(=O)C6(C)CC6)C[C@H]5/C=C\CC[C@@H](C)C[C@@H](C)[C@H](CC(=O)OC(C)(C)C(F)(F)F)C(=O)N4C3)c2cc1F. The topological polar surface area (TPSA) is 158 Å². The maximum atomic E-state index is 15.1. The third-order valence-corrected chi connectivity index (χ3v) is 14.8. The number of halogens is 4. The molecule has 6 rings (SSSR count). The van der Waals surface area contributed by atoms with E-state index in [-0.39, 0.29) is 43.5 Å². The number of hydrogen-bond donors (Lipinski definition) is 1. The molecule has 324 valence electrons. The Morgan fingerprint density at radius 1 is 1.10 bits per heavy atom. The second-order valence-corrected chi connectivity index (χ2v) is 19.8. The van der Waals surface area contributed by atoms with Gasteiger partial charge in [-0.25, -0.2) is 17.8 Å². The molecule has 17 heteroatoms. The number of carbonyl (C=O) groups is 4. The van der Waals surface area contributed by atoms with Crippen molar-refractivity contribution in [2.75, 3.05) is 13.2 Å². The Labute approximate surface area is 341 Å². The minimum absolute atomic E-state index is 0.0100. The van der Waals surface area contributed by atoms with Crippen molar-refractivity contribution in [2.24, 2.45) is 29.1 Å². The van der Waals surface area contributed by atoms with Gasteiger partial charge in [0.15, 0.2) is 17.3 Å². The third kappa shape index (κ3) is 9.24. The van der Waals surface area contributed by atoms with Gasteiger partial charge in [0.1, 0.15) is 6.10 Å². The van der Waals surface area contributed by atoms with Crippen LogP contribution >= 0.6 is 0 Å². The number of esters is 1. The van der Waals surface area contributed by atoms with Gasteiger partial charge in [0.2, 0.25) is 33.3 Å². The molecule has 1 aromatic carbocycles. The number of sulfonamides is 1. The van der Waals surface area contributed by atoms with Gasteiger partial charge >= 0.3 is 12.1 Å². The third-order valence-electron chi connectivity index (χ3n) is 12.6. The van der Waals surface area contributed by atoms with Crippen molar-refractivity contribution in [3.05, 3.63) is 42.4 Å². The van der Waals surface area contributed by atoms with Crippen molar-refractivity contribution in [3.8, 4) is 11.6 Å². The van der Waals surface area contributed by atoms with Crippen LogP contribution in [0.4, 0.5) is 17.6 Å². The Morgan fingerprint density at radius 3 is 2.47 bits per heavy atom. The van der Waals surface area contributed by atoms with E-state index in [4.69, 9.17) is 14.2 Å². The van der Waals surface area contributed by atoms with Gasteiger partial charge in [-0.1, -0.05) is 26.0 Å². The van der Waals surface area contributed by atoms with Crippen LogP contribution in [0, 0.1) is 34.9 Å². The van der Waals surface area contributed by atoms with E-state index >= 15 is 4.39 Å². The number of amides is 2. The van der Waals surface area contributed by atoms with Crippen molar-refractivity contribution in [1.82, 2.24) is 14.6 Å². The quantitative estimate of drug-likeness (QED) is 0.150. The van der Waals surface area contributed by atoms with Gasteiger partial charge in [0.25, 0.3) is 0 Å². The van der Waals surface area contributed by atoms with Crippen LogP contribution in [0.2, 0.25) is 0 Å². The summed E-state index contributed by atoms with van der Waals surface area (Å²) < 4.78 is 101. The van der Waals surface area contributed by atoms with E-state index in [1.807, 2.05) is 19.1 Å². The maximum Gasteiger partial charge on any atom is 0.427 e. The number of Topliss-reactive ketones (excluding diaryl/α,β-unsaturated/α-hetero) is 1. The summed E-state index contributed by atoms with van der Waals surface area (Å²) in [5, 5.41) is 0.832. The minimum atomic E-state index is -4.89. The van der Waals surface area contributed by atoms with E-state index in [2.05, 4.69) is 9.71 Å². The lowest BCUT2D eigenvalue weighted by Gasteiger charge is -2.33. The Morgan fingerprint density at radius 2 is 1.81 bits per heavy atom. The first-order valence-corrected chi connectivity index (χ1v) is 21.7. The monoisotopic (exact) mass is 851 g/mol. The number of fused-ring (bicyclic) bond motifs is 3. The van der Waals surface area contributed by atoms with Gasteiger partial charge < -0.3 is 19.1 Å². The molecule has 2 aliphatic heterocycles. The predicted molar refractivity (Wildman–Crippen MR) is 208 cm³/mol. The van der Waals surface area contributed by atoms with E-state index in [9.17, 15) is 40.8 Å². The van der Waals surface area contributed by atoms with Crippen LogP contribution in [0.3, 0.4) is 0 Å². The summed E-state index contributed by atoms with van der Waals surface area (Å²) in [5.41, 5.74) is -4.26. The second-order valence-electron chi connectivity index (χ2n) is 17.6. The van der Waals surface area contributed by atoms with Crippen LogP contribution in [0.1, 0.15) is 99.3 Å². The average molecular weight is 852 g/mol. The first-order chi connectivity index (χ1) is 27.5. The molecule has 59 heavy (non-hydrogen) atoms. The summed E-state index contributed by atoms with van der Waals surface area (Å²) in [6, 6.07) is 3.10. The molecule has 0 bridgehead atoms. The number of aromatic nitrogens is 1. The molecule has 3 fully saturated rings. The van der Waals surface area contributed by atoms with Crippen molar-refractivity contribution in [3.63, 3.8) is 0 Å². The van der Waals surface area contributed by atoms with Crippen LogP contribution in [-0.4, -0.2) is 83.7 Å². The number of hydrogen-bond acceptors (Lipinski definition) is 10. The maximum absolute atomic E-state index is 15.1. The number of benzene rings is 1. The van der Waals surface area contributed by atoms with Crippen molar-refractivity contribution < 1.29 is 59.4 Å². The highest BCUT2D eigenvalue weighted by Crippen LogP contribution is 2.58. The van der Waals surface area contributed by atoms with E-state index in [1.54, 1.807) is 26.8 Å². The molecule has 0 spiro atoms. The Kier molecular flexibility index (Phi) is 12.2. The average Bonchev–Trinajstić information content (AvgIpc) is 4.02. The van der Waals surface area contributed by atoms with E-state index in [0.717, 1.165) is 13.8 Å². The van der Waals surface area contributed by atoms with Gasteiger partial charge in [0, 0.05) is 24.4 Å². The number of ether oxygens (including phenoxy) is 3. The number of pyridine rings is 1. The number of allylic oxidation sites excluding steroid dienone is 2. The molecule has 2 amide bonds. The zero-order chi connectivity index (χ0) is 43.3. The molecule has 2 aliphatic carbocycles. The number of ketones is 1. The fourth-order valence-electron chi connectivity index (χ4n) is 8.31. The lowest BCUT2D eigenvalue weighted by atomic mass is 9.82. The highest BCUT2D eigenvalue weighted by atomic mass is 32.2. The number of nitrogens with zero attached hydrogens (tertiary/aromatic N) is 2. The number of rotatable bonds is 10. The van der Waals surface area contributed by atoms with Gasteiger partial charge in [-0.05, 0) is 108 Å². The van der Waals surface area contributed by atoms with Crippen LogP contribution in [0.25, 0.3) is 10.8 Å². The standard InChI is InChI=1S/C42H53F4N3O9S/c1-7-56-34-17-26-12-15-47-36(30(26)19-31(34)43)57-28-18-32-33(50)22-41(38(53)48-59(54,55)40(6)13-14-40)21-27(41)11-9-8-10-24(2)16-25(3)29(37(52)49(32)23-28)20-35(51)58-39(4,5)42(44,45)46/h9,11-12,15,17,19,24-25,27-29,32H,7-8,10,13-14,16,18,20-23H2,1-6H3,(H,48,53)/b11-9-/t24-,25-,27-,28-,29+,32+,41-/m1/s1. The molecule has 4 aliphatic rings. The van der Waals surface area contributed by atoms with Crippen LogP contribution < -0.4 is 14.2 Å². The molecule has 1 aromatic heterocycles. The Bertz CT molecular complexity index is 2120. The molecule has 2 aromatic rings. The van der Waals surface area contributed by atoms with Gasteiger partial charge in [-0.15, -0.1) is 0 Å². The predicted octanol–water partition coefficient (Wildman–Crippen LogP) is 6.99. The molecule has 1 saturated heterocycles. The highest BCUT2D eigenvalue weighted by molar-refractivity contribution is 7.91. The molecular formula is C42H53F4N3O9S. The van der Waals surface area contributed by atoms with Gasteiger partial charge in [-0.2, -0.15) is 13.2 Å². The fraction of sp³-hybridized carbons (Fsp3) is 0.643. The summed E-state index contributed by atoms with van der Waals surface area (Å²) in [5.74, 6) is -6.14. The van der Waals surface area contributed by atoms with Gasteiger partial charge in [0.05, 0.1) is 41.7 Å². The summed E-state index contributed by atoms with van der Waals surface area (Å²) in [4.78, 5) is 62.2. The number of nitrogens with one attached hydrogen (secondary N) is 1. The van der Waals surface area contributed by atoms with Crippen molar-refractivity contribution in [1.29, 1.82) is 0 Å². The molecule has 7 atom stereocenters. The molecule has 0 radical (unpaired) electrons. The summed E-state index contributed by atoms with van der Waals surface area (Å²) in [7, 11) is -4.06. The van der Waals surface area contributed by atoms with E-state index in [0.29, 0.717) is 42.9 Å². The zero-order valence-corrected chi connectivity index (χ0v) is 35.0. The highest BCUT2D eigenvalue weighted by Gasteiger charge is 2.63. The van der Waals surface area contributed by atoms with Crippen molar-refractivity contribution >= 4 is 44.4 Å². The lowest BCUT2D eigenvalue weighted by Crippen LogP contribution is -2.48. The molecule has 3 heterocycles. The first kappa shape index (κ1) is 44.3. The summed E-state index contributed by atoms with van der Waals surface area (Å²) >= 11 is 0. The largest absolute Gasteiger partial charge is 0.491 e. The number of alkyl halides is 3. The van der Waals surface area contributed by atoms with Crippen LogP contribution in [-0.2, 0) is 33.9 Å². The lowest BCUT2D eigenvalue weighted by molar-refractivity contribution is -0.257. The van der Waals surface area contributed by atoms with Crippen LogP contribution in [0.5, 0.6) is 11.6 Å². The molecule has 0 unspecified atom stereocenters. The molecular weight excluding hydrogens is 799 g/mol. The van der Waals surface area contributed by atoms with Gasteiger partial charge in [-0.3, -0.25) is 23.9 Å².